The standard InChI is InChI=1S/C24H25N3O4S.ClH/c1-4-26(5-2)13-14-27(24-25-21-19(30-3)11-8-12-20(21)32-24)22(28)17-15-16-9-6-7-10-18(16)31-23(17)29;/h6-12,15H,4-5,13-14H2,1-3H3;1H. The van der Waals surface area contributed by atoms with E-state index >= 15 is 0 Å². The van der Waals surface area contributed by atoms with Gasteiger partial charge in [-0.25, -0.2) is 9.78 Å². The number of carbonyl (C=O) groups excluding carboxylic acids is 1. The topological polar surface area (TPSA) is 75.9 Å². The van der Waals surface area contributed by atoms with Crippen molar-refractivity contribution in [3.8, 4) is 5.75 Å². The Morgan fingerprint density at radius 3 is 2.58 bits per heavy atom. The van der Waals surface area contributed by atoms with Crippen LogP contribution in [-0.4, -0.2) is 49.1 Å². The molecule has 0 saturated heterocycles. The van der Waals surface area contributed by atoms with Crippen molar-refractivity contribution in [3.63, 3.8) is 0 Å². The number of methoxy groups -OCH3 is 1. The quantitative estimate of drug-likeness (QED) is 0.331. The molecule has 1 amide bonds. The maximum Gasteiger partial charge on any atom is 0.349 e. The fourth-order valence-electron chi connectivity index (χ4n) is 3.61. The zero-order chi connectivity index (χ0) is 22.7. The first kappa shape index (κ1) is 24.7. The first-order valence-electron chi connectivity index (χ1n) is 10.6. The van der Waals surface area contributed by atoms with E-state index in [9.17, 15) is 9.59 Å². The zero-order valence-electron chi connectivity index (χ0n) is 18.7. The molecule has 0 spiro atoms. The van der Waals surface area contributed by atoms with E-state index in [-0.39, 0.29) is 18.0 Å². The monoisotopic (exact) mass is 487 g/mol. The van der Waals surface area contributed by atoms with Crippen molar-refractivity contribution in [2.75, 3.05) is 38.2 Å². The van der Waals surface area contributed by atoms with Crippen molar-refractivity contribution in [1.82, 2.24) is 9.88 Å². The molecule has 0 N–H and O–H groups in total. The molecule has 33 heavy (non-hydrogen) atoms. The minimum atomic E-state index is -0.653. The van der Waals surface area contributed by atoms with E-state index in [0.717, 1.165) is 17.8 Å². The fraction of sp³-hybridized carbons (Fsp3) is 0.292. The third-order valence-electron chi connectivity index (χ3n) is 5.47. The van der Waals surface area contributed by atoms with E-state index in [1.54, 1.807) is 30.2 Å². The predicted octanol–water partition coefficient (Wildman–Crippen LogP) is 4.82. The highest BCUT2D eigenvalue weighted by Crippen LogP contribution is 2.34. The van der Waals surface area contributed by atoms with Crippen LogP contribution < -0.4 is 15.3 Å². The summed E-state index contributed by atoms with van der Waals surface area (Å²) >= 11 is 1.40. The van der Waals surface area contributed by atoms with Gasteiger partial charge >= 0.3 is 5.63 Å². The summed E-state index contributed by atoms with van der Waals surface area (Å²) in [5, 5.41) is 1.22. The van der Waals surface area contributed by atoms with E-state index < -0.39 is 11.5 Å². The highest BCUT2D eigenvalue weighted by atomic mass is 35.5. The zero-order valence-corrected chi connectivity index (χ0v) is 20.4. The highest BCUT2D eigenvalue weighted by molar-refractivity contribution is 7.22. The van der Waals surface area contributed by atoms with Gasteiger partial charge in [0.05, 0.1) is 11.8 Å². The minimum absolute atomic E-state index is 0. The molecule has 0 aliphatic carbocycles. The molecule has 0 aliphatic heterocycles. The molecule has 4 rings (SSSR count). The lowest BCUT2D eigenvalue weighted by atomic mass is 10.1. The Bertz CT molecular complexity index is 1320. The van der Waals surface area contributed by atoms with Gasteiger partial charge in [-0.3, -0.25) is 9.69 Å². The van der Waals surface area contributed by atoms with Gasteiger partial charge in [0.15, 0.2) is 5.13 Å². The van der Waals surface area contributed by atoms with E-state index in [2.05, 4.69) is 18.7 Å². The number of benzene rings is 2. The molecule has 9 heteroatoms. The summed E-state index contributed by atoms with van der Waals surface area (Å²) in [7, 11) is 1.59. The number of fused-ring (bicyclic) bond motifs is 2. The van der Waals surface area contributed by atoms with Gasteiger partial charge in [-0.15, -0.1) is 12.4 Å². The van der Waals surface area contributed by atoms with Crippen LogP contribution in [0, 0.1) is 0 Å². The first-order valence-corrected chi connectivity index (χ1v) is 11.4. The molecule has 0 aliphatic rings. The molecule has 4 aromatic rings. The molecular weight excluding hydrogens is 462 g/mol. The van der Waals surface area contributed by atoms with E-state index in [1.165, 1.54) is 11.3 Å². The summed E-state index contributed by atoms with van der Waals surface area (Å²) in [6.45, 7) is 6.95. The Morgan fingerprint density at radius 2 is 1.85 bits per heavy atom. The maximum atomic E-state index is 13.6. The number of para-hydroxylation sites is 2. The largest absolute Gasteiger partial charge is 0.494 e. The Labute approximate surface area is 202 Å². The van der Waals surface area contributed by atoms with Crippen LogP contribution in [0.1, 0.15) is 24.2 Å². The molecule has 2 aromatic heterocycles. The number of hydrogen-bond donors (Lipinski definition) is 0. The fourth-order valence-corrected chi connectivity index (χ4v) is 4.62. The number of likely N-dealkylation sites (N-methyl/N-ethyl adjacent to an activating group) is 1. The number of anilines is 1. The number of halogens is 1. The average Bonchev–Trinajstić information content (AvgIpc) is 3.25. The Kier molecular flexibility index (Phi) is 8.07. The molecule has 0 saturated carbocycles. The molecule has 174 valence electrons. The van der Waals surface area contributed by atoms with Crippen LogP contribution in [0.15, 0.2) is 57.7 Å². The molecule has 0 unspecified atom stereocenters. The Balaban J connectivity index is 0.00000306. The highest BCUT2D eigenvalue weighted by Gasteiger charge is 2.25. The van der Waals surface area contributed by atoms with Crippen molar-refractivity contribution in [2.24, 2.45) is 0 Å². The van der Waals surface area contributed by atoms with E-state index in [4.69, 9.17) is 14.1 Å². The maximum absolute atomic E-state index is 13.6. The van der Waals surface area contributed by atoms with Crippen LogP contribution in [0.25, 0.3) is 21.2 Å². The second-order valence-electron chi connectivity index (χ2n) is 7.27. The van der Waals surface area contributed by atoms with Gasteiger partial charge in [0.25, 0.3) is 5.91 Å². The van der Waals surface area contributed by atoms with Crippen LogP contribution >= 0.6 is 23.7 Å². The van der Waals surface area contributed by atoms with Crippen LogP contribution in [0.3, 0.4) is 0 Å². The second kappa shape index (κ2) is 10.8. The molecule has 0 radical (unpaired) electrons. The third kappa shape index (κ3) is 5.03. The molecule has 2 aromatic carbocycles. The lowest BCUT2D eigenvalue weighted by Crippen LogP contribution is -2.40. The van der Waals surface area contributed by atoms with Gasteiger partial charge < -0.3 is 14.1 Å². The minimum Gasteiger partial charge on any atom is -0.494 e. The normalized spacial score (nSPS) is 11.0. The second-order valence-corrected chi connectivity index (χ2v) is 8.28. The third-order valence-corrected chi connectivity index (χ3v) is 6.52. The summed E-state index contributed by atoms with van der Waals surface area (Å²) in [6.07, 6.45) is 0. The molecule has 0 atom stereocenters. The van der Waals surface area contributed by atoms with Crippen LogP contribution in [0.2, 0.25) is 0 Å². The van der Waals surface area contributed by atoms with Gasteiger partial charge in [0.1, 0.15) is 22.4 Å². The number of hydrogen-bond acceptors (Lipinski definition) is 7. The van der Waals surface area contributed by atoms with Crippen LogP contribution in [0.4, 0.5) is 5.13 Å². The number of amides is 1. The number of carbonyl (C=O) groups is 1. The first-order chi connectivity index (χ1) is 15.5. The Hall–Kier alpha value is -2.94. The van der Waals surface area contributed by atoms with Crippen molar-refractivity contribution in [3.05, 3.63) is 64.5 Å². The number of aromatic nitrogens is 1. The van der Waals surface area contributed by atoms with E-state index in [0.29, 0.717) is 40.5 Å². The summed E-state index contributed by atoms with van der Waals surface area (Å²) in [5.41, 5.74) is 0.490. The van der Waals surface area contributed by atoms with Crippen molar-refractivity contribution >= 4 is 56.0 Å². The SMILES string of the molecule is CCN(CC)CCN(C(=O)c1cc2ccccc2oc1=O)c1nc2c(OC)cccc2s1.Cl. The van der Waals surface area contributed by atoms with Gasteiger partial charge in [0, 0.05) is 18.5 Å². The molecule has 7 nitrogen and oxygen atoms in total. The number of ether oxygens (including phenoxy) is 1. The van der Waals surface area contributed by atoms with Gasteiger partial charge in [0.2, 0.25) is 0 Å². The lowest BCUT2D eigenvalue weighted by Gasteiger charge is -2.24. The summed E-state index contributed by atoms with van der Waals surface area (Å²) in [6, 6.07) is 14.4. The van der Waals surface area contributed by atoms with Gasteiger partial charge in [-0.1, -0.05) is 49.4 Å². The number of rotatable bonds is 8. The van der Waals surface area contributed by atoms with Crippen LogP contribution in [-0.2, 0) is 0 Å². The molecule has 2 heterocycles. The van der Waals surface area contributed by atoms with Crippen molar-refractivity contribution < 1.29 is 13.9 Å². The number of nitrogens with zero attached hydrogens (tertiary/aromatic N) is 3. The number of thiazole rings is 1. The van der Waals surface area contributed by atoms with Gasteiger partial charge in [-0.05, 0) is 37.4 Å². The molecule has 0 bridgehead atoms. The van der Waals surface area contributed by atoms with Crippen LogP contribution in [0.5, 0.6) is 5.75 Å². The van der Waals surface area contributed by atoms with E-state index in [1.807, 2.05) is 30.3 Å². The summed E-state index contributed by atoms with van der Waals surface area (Å²) in [5.74, 6) is 0.223. The molecule has 0 fully saturated rings. The Morgan fingerprint density at radius 1 is 1.09 bits per heavy atom. The molecular formula is C24H26ClN3O4S. The van der Waals surface area contributed by atoms with Crippen molar-refractivity contribution in [1.29, 1.82) is 0 Å². The van der Waals surface area contributed by atoms with Crippen molar-refractivity contribution in [2.45, 2.75) is 13.8 Å². The lowest BCUT2D eigenvalue weighted by molar-refractivity contribution is 0.0980. The summed E-state index contributed by atoms with van der Waals surface area (Å²) < 4.78 is 11.8. The smallest absolute Gasteiger partial charge is 0.349 e. The summed E-state index contributed by atoms with van der Waals surface area (Å²) in [4.78, 5) is 34.8. The average molecular weight is 488 g/mol. The van der Waals surface area contributed by atoms with Gasteiger partial charge in [-0.2, -0.15) is 0 Å². The predicted molar refractivity (Wildman–Crippen MR) is 135 cm³/mol.